The van der Waals surface area contributed by atoms with E-state index < -0.39 is 0 Å². The van der Waals surface area contributed by atoms with Crippen molar-refractivity contribution in [2.75, 3.05) is 18.0 Å². The van der Waals surface area contributed by atoms with Gasteiger partial charge in [-0.15, -0.1) is 0 Å². The number of hydrogen-bond acceptors (Lipinski definition) is 3. The van der Waals surface area contributed by atoms with Gasteiger partial charge < -0.3 is 10.2 Å². The van der Waals surface area contributed by atoms with Crippen LogP contribution in [0.3, 0.4) is 0 Å². The summed E-state index contributed by atoms with van der Waals surface area (Å²) < 4.78 is 13.1. The van der Waals surface area contributed by atoms with Gasteiger partial charge in [0.15, 0.2) is 0 Å². The molecule has 2 aromatic carbocycles. The number of carbonyl (C=O) groups is 2. The van der Waals surface area contributed by atoms with E-state index in [1.165, 1.54) is 18.3 Å². The van der Waals surface area contributed by atoms with Crippen molar-refractivity contribution in [3.8, 4) is 0 Å². The fourth-order valence-corrected chi connectivity index (χ4v) is 3.56. The molecule has 158 valence electrons. The van der Waals surface area contributed by atoms with Gasteiger partial charge in [-0.2, -0.15) is 0 Å². The van der Waals surface area contributed by atoms with Crippen molar-refractivity contribution >= 4 is 17.8 Å². The van der Waals surface area contributed by atoms with Crippen LogP contribution < -0.4 is 10.2 Å². The second-order valence-corrected chi connectivity index (χ2v) is 7.49. The van der Waals surface area contributed by atoms with E-state index in [2.05, 4.69) is 10.3 Å². The van der Waals surface area contributed by atoms with E-state index in [9.17, 15) is 14.0 Å². The molecule has 1 unspecified atom stereocenters. The van der Waals surface area contributed by atoms with Gasteiger partial charge in [0, 0.05) is 31.4 Å². The molecule has 7 heteroatoms. The number of nitrogens with one attached hydrogen (secondary N) is 1. The highest BCUT2D eigenvalue weighted by Crippen LogP contribution is 2.21. The topological polar surface area (TPSA) is 65.5 Å². The van der Waals surface area contributed by atoms with Crippen LogP contribution in [0.15, 0.2) is 72.9 Å². The fourth-order valence-electron chi connectivity index (χ4n) is 3.56. The molecular formula is C24H23FN4O2. The first kappa shape index (κ1) is 20.5. The van der Waals surface area contributed by atoms with Crippen LogP contribution in [0.1, 0.15) is 34.5 Å². The van der Waals surface area contributed by atoms with Crippen LogP contribution in [0, 0.1) is 5.82 Å². The summed E-state index contributed by atoms with van der Waals surface area (Å²) in [5, 5.41) is 2.98. The van der Waals surface area contributed by atoms with Crippen LogP contribution in [0.25, 0.3) is 0 Å². The monoisotopic (exact) mass is 418 g/mol. The number of hydrogen-bond donors (Lipinski definition) is 1. The first-order chi connectivity index (χ1) is 15.0. The normalized spacial score (nSPS) is 14.6. The molecule has 0 spiro atoms. The quantitative estimate of drug-likeness (QED) is 0.654. The zero-order valence-corrected chi connectivity index (χ0v) is 17.2. The Morgan fingerprint density at radius 3 is 2.58 bits per heavy atom. The highest BCUT2D eigenvalue weighted by atomic mass is 19.1. The highest BCUT2D eigenvalue weighted by Gasteiger charge is 2.30. The summed E-state index contributed by atoms with van der Waals surface area (Å²) in [5.41, 5.74) is 2.31. The van der Waals surface area contributed by atoms with Crippen molar-refractivity contribution in [2.24, 2.45) is 0 Å². The van der Waals surface area contributed by atoms with Crippen LogP contribution in [-0.4, -0.2) is 34.9 Å². The zero-order chi connectivity index (χ0) is 21.8. The average Bonchev–Trinajstić information content (AvgIpc) is 3.16. The Balaban J connectivity index is 1.43. The number of urea groups is 1. The van der Waals surface area contributed by atoms with E-state index in [-0.39, 0.29) is 23.8 Å². The van der Waals surface area contributed by atoms with E-state index in [1.807, 2.05) is 37.3 Å². The van der Waals surface area contributed by atoms with Gasteiger partial charge in [0.2, 0.25) is 0 Å². The maximum atomic E-state index is 13.1. The third-order valence-corrected chi connectivity index (χ3v) is 5.31. The van der Waals surface area contributed by atoms with Gasteiger partial charge in [0.1, 0.15) is 11.6 Å². The molecule has 1 aliphatic heterocycles. The Labute approximate surface area is 180 Å². The number of nitrogens with zero attached hydrogens (tertiary/aromatic N) is 3. The molecule has 1 atom stereocenters. The van der Waals surface area contributed by atoms with Gasteiger partial charge in [-0.3, -0.25) is 9.69 Å². The standard InChI is InChI=1S/C24H23FN4O2/c1-17(19-5-3-2-4-6-19)27-23(30)20-11-12-26-22(15-20)29-14-13-28(24(29)31)16-18-7-9-21(25)10-8-18/h2-12,15,17H,13-14,16H2,1H3,(H,27,30). The van der Waals surface area contributed by atoms with Gasteiger partial charge >= 0.3 is 6.03 Å². The molecule has 1 fully saturated rings. The summed E-state index contributed by atoms with van der Waals surface area (Å²) in [6, 6.07) is 18.7. The molecule has 3 aromatic rings. The maximum absolute atomic E-state index is 13.1. The molecule has 0 radical (unpaired) electrons. The molecule has 1 aromatic heterocycles. The first-order valence-corrected chi connectivity index (χ1v) is 10.1. The molecule has 0 bridgehead atoms. The van der Waals surface area contributed by atoms with Crippen molar-refractivity contribution < 1.29 is 14.0 Å². The predicted octanol–water partition coefficient (Wildman–Crippen LogP) is 4.15. The van der Waals surface area contributed by atoms with Crippen molar-refractivity contribution in [3.63, 3.8) is 0 Å². The maximum Gasteiger partial charge on any atom is 0.326 e. The van der Waals surface area contributed by atoms with E-state index in [1.54, 1.807) is 34.1 Å². The molecular weight excluding hydrogens is 395 g/mol. The number of aromatic nitrogens is 1. The van der Waals surface area contributed by atoms with Gasteiger partial charge in [0.05, 0.1) is 6.04 Å². The van der Waals surface area contributed by atoms with Crippen molar-refractivity contribution in [1.29, 1.82) is 0 Å². The summed E-state index contributed by atoms with van der Waals surface area (Å²) in [4.78, 5) is 33.1. The van der Waals surface area contributed by atoms with E-state index in [4.69, 9.17) is 0 Å². The van der Waals surface area contributed by atoms with Crippen LogP contribution in [0.5, 0.6) is 0 Å². The van der Waals surface area contributed by atoms with Crippen molar-refractivity contribution in [3.05, 3.63) is 95.4 Å². The molecule has 3 amide bonds. The highest BCUT2D eigenvalue weighted by molar-refractivity contribution is 5.97. The second kappa shape index (κ2) is 8.95. The summed E-state index contributed by atoms with van der Waals surface area (Å²) in [6.07, 6.45) is 1.54. The lowest BCUT2D eigenvalue weighted by atomic mass is 10.1. The summed E-state index contributed by atoms with van der Waals surface area (Å²) in [5.74, 6) is -0.0968. The number of rotatable bonds is 6. The molecule has 1 aliphatic rings. The number of amides is 3. The Bertz CT molecular complexity index is 1070. The predicted molar refractivity (Wildman–Crippen MR) is 116 cm³/mol. The SMILES string of the molecule is CC(NC(=O)c1ccnc(N2CCN(Cc3ccc(F)cc3)C2=O)c1)c1ccccc1. The number of benzene rings is 2. The molecule has 2 heterocycles. The second-order valence-electron chi connectivity index (χ2n) is 7.49. The lowest BCUT2D eigenvalue weighted by molar-refractivity contribution is 0.0939. The number of anilines is 1. The Hall–Kier alpha value is -3.74. The molecule has 0 saturated carbocycles. The summed E-state index contributed by atoms with van der Waals surface area (Å²) in [6.45, 7) is 3.31. The molecule has 31 heavy (non-hydrogen) atoms. The molecule has 0 aliphatic carbocycles. The minimum Gasteiger partial charge on any atom is -0.346 e. The van der Waals surface area contributed by atoms with Crippen molar-refractivity contribution in [2.45, 2.75) is 19.5 Å². The lowest BCUT2D eigenvalue weighted by Gasteiger charge is -2.19. The molecule has 4 rings (SSSR count). The average molecular weight is 418 g/mol. The summed E-state index contributed by atoms with van der Waals surface area (Å²) in [7, 11) is 0. The van der Waals surface area contributed by atoms with E-state index >= 15 is 0 Å². The fraction of sp³-hybridized carbons (Fsp3) is 0.208. The van der Waals surface area contributed by atoms with Gasteiger partial charge in [-0.05, 0) is 42.3 Å². The first-order valence-electron chi connectivity index (χ1n) is 10.1. The van der Waals surface area contributed by atoms with Gasteiger partial charge in [-0.25, -0.2) is 14.2 Å². The van der Waals surface area contributed by atoms with E-state index in [0.29, 0.717) is 31.0 Å². The minimum absolute atomic E-state index is 0.148. The Morgan fingerprint density at radius 2 is 1.84 bits per heavy atom. The third kappa shape index (κ3) is 4.71. The summed E-state index contributed by atoms with van der Waals surface area (Å²) >= 11 is 0. The molecule has 6 nitrogen and oxygen atoms in total. The lowest BCUT2D eigenvalue weighted by Crippen LogP contribution is -2.32. The Kier molecular flexibility index (Phi) is 5.93. The molecule has 1 N–H and O–H groups in total. The van der Waals surface area contributed by atoms with Gasteiger partial charge in [-0.1, -0.05) is 42.5 Å². The Morgan fingerprint density at radius 1 is 1.10 bits per heavy atom. The van der Waals surface area contributed by atoms with Crippen LogP contribution in [0.4, 0.5) is 15.0 Å². The van der Waals surface area contributed by atoms with Crippen LogP contribution in [0.2, 0.25) is 0 Å². The van der Waals surface area contributed by atoms with Crippen LogP contribution >= 0.6 is 0 Å². The number of halogens is 1. The third-order valence-electron chi connectivity index (χ3n) is 5.31. The van der Waals surface area contributed by atoms with Crippen molar-refractivity contribution in [1.82, 2.24) is 15.2 Å². The number of carbonyl (C=O) groups excluding carboxylic acids is 2. The van der Waals surface area contributed by atoms with Crippen LogP contribution in [-0.2, 0) is 6.54 Å². The number of pyridine rings is 1. The zero-order valence-electron chi connectivity index (χ0n) is 17.2. The molecule has 1 saturated heterocycles. The smallest absolute Gasteiger partial charge is 0.326 e. The largest absolute Gasteiger partial charge is 0.346 e. The minimum atomic E-state index is -0.306. The van der Waals surface area contributed by atoms with Gasteiger partial charge in [0.25, 0.3) is 5.91 Å². The van der Waals surface area contributed by atoms with E-state index in [0.717, 1.165) is 11.1 Å².